The van der Waals surface area contributed by atoms with Crippen molar-refractivity contribution in [2.45, 2.75) is 32.6 Å². The van der Waals surface area contributed by atoms with E-state index in [1.807, 2.05) is 18.2 Å². The first-order valence-electron chi connectivity index (χ1n) is 9.11. The Morgan fingerprint density at radius 3 is 2.52 bits per heavy atom. The number of ketones is 1. The second kappa shape index (κ2) is 8.45. The Kier molecular flexibility index (Phi) is 5.81. The first-order chi connectivity index (χ1) is 13.1. The van der Waals surface area contributed by atoms with E-state index in [0.29, 0.717) is 16.8 Å². The van der Waals surface area contributed by atoms with E-state index in [1.54, 1.807) is 36.4 Å². The summed E-state index contributed by atoms with van der Waals surface area (Å²) in [6.45, 7) is 2.07. The number of H-pyrrole nitrogens is 1. The summed E-state index contributed by atoms with van der Waals surface area (Å²) >= 11 is 0. The van der Waals surface area contributed by atoms with Crippen LogP contribution in [0.1, 0.15) is 42.1 Å². The van der Waals surface area contributed by atoms with Gasteiger partial charge >= 0.3 is 0 Å². The lowest BCUT2D eigenvalue weighted by Gasteiger charge is -2.09. The van der Waals surface area contributed by atoms with Crippen molar-refractivity contribution in [3.63, 3.8) is 0 Å². The van der Waals surface area contributed by atoms with Gasteiger partial charge < -0.3 is 10.3 Å². The number of pyridine rings is 1. The lowest BCUT2D eigenvalue weighted by atomic mass is 10.0. The van der Waals surface area contributed by atoms with E-state index in [4.69, 9.17) is 0 Å². The summed E-state index contributed by atoms with van der Waals surface area (Å²) in [5.41, 5.74) is 2.76. The summed E-state index contributed by atoms with van der Waals surface area (Å²) < 4.78 is 0. The summed E-state index contributed by atoms with van der Waals surface area (Å²) in [7, 11) is 0. The van der Waals surface area contributed by atoms with E-state index in [2.05, 4.69) is 17.2 Å². The lowest BCUT2D eigenvalue weighted by Crippen LogP contribution is -2.14. The van der Waals surface area contributed by atoms with Gasteiger partial charge in [-0.15, -0.1) is 0 Å². The molecule has 2 N–H and O–H groups in total. The first kappa shape index (κ1) is 18.6. The zero-order valence-electron chi connectivity index (χ0n) is 15.2. The van der Waals surface area contributed by atoms with Crippen LogP contribution < -0.4 is 10.9 Å². The number of nitrogens with one attached hydrogen (secondary N) is 2. The number of benzene rings is 2. The summed E-state index contributed by atoms with van der Waals surface area (Å²) in [5.74, 6) is -0.288. The van der Waals surface area contributed by atoms with Gasteiger partial charge in [0.25, 0.3) is 0 Å². The normalized spacial score (nSPS) is 10.7. The predicted octanol–water partition coefficient (Wildman–Crippen LogP) is 4.08. The van der Waals surface area contributed by atoms with Crippen LogP contribution in [0.2, 0.25) is 0 Å². The Labute approximate surface area is 157 Å². The van der Waals surface area contributed by atoms with Crippen molar-refractivity contribution in [1.29, 1.82) is 0 Å². The van der Waals surface area contributed by atoms with E-state index in [1.165, 1.54) is 0 Å². The largest absolute Gasteiger partial charge is 0.326 e. The van der Waals surface area contributed by atoms with Crippen molar-refractivity contribution < 1.29 is 9.59 Å². The summed E-state index contributed by atoms with van der Waals surface area (Å²) in [6.07, 6.45) is 2.04. The van der Waals surface area contributed by atoms with Crippen LogP contribution in [0, 0.1) is 0 Å². The predicted molar refractivity (Wildman–Crippen MR) is 107 cm³/mol. The van der Waals surface area contributed by atoms with Gasteiger partial charge in [-0.2, -0.15) is 0 Å². The third kappa shape index (κ3) is 4.70. The van der Waals surface area contributed by atoms with E-state index in [0.717, 1.165) is 23.8 Å². The fourth-order valence-electron chi connectivity index (χ4n) is 3.11. The molecule has 0 saturated carbocycles. The Morgan fingerprint density at radius 2 is 1.78 bits per heavy atom. The van der Waals surface area contributed by atoms with Gasteiger partial charge in [0.1, 0.15) is 0 Å². The number of aromatic amines is 1. The second-order valence-corrected chi connectivity index (χ2v) is 6.51. The maximum absolute atomic E-state index is 12.2. The van der Waals surface area contributed by atoms with Crippen LogP contribution >= 0.6 is 0 Å². The SMILES string of the molecule is CCCc1cc(=O)[nH]c2cc(NC(=O)CCC(=O)c3ccccc3)ccc12. The van der Waals surface area contributed by atoms with Crippen LogP contribution in [0.15, 0.2) is 59.4 Å². The van der Waals surface area contributed by atoms with E-state index < -0.39 is 0 Å². The van der Waals surface area contributed by atoms with Gasteiger partial charge in [0, 0.05) is 35.5 Å². The summed E-state index contributed by atoms with van der Waals surface area (Å²) in [5, 5.41) is 3.78. The fraction of sp³-hybridized carbons (Fsp3) is 0.227. The second-order valence-electron chi connectivity index (χ2n) is 6.51. The van der Waals surface area contributed by atoms with E-state index in [9.17, 15) is 14.4 Å². The van der Waals surface area contributed by atoms with Crippen molar-refractivity contribution in [1.82, 2.24) is 4.98 Å². The molecule has 1 aromatic heterocycles. The quantitative estimate of drug-likeness (QED) is 0.622. The highest BCUT2D eigenvalue weighted by Gasteiger charge is 2.10. The molecule has 0 saturated heterocycles. The molecule has 0 spiro atoms. The monoisotopic (exact) mass is 362 g/mol. The molecule has 1 heterocycles. The molecular weight excluding hydrogens is 340 g/mol. The number of fused-ring (bicyclic) bond motifs is 1. The maximum atomic E-state index is 12.2. The van der Waals surface area contributed by atoms with Crippen molar-refractivity contribution in [3.8, 4) is 0 Å². The molecule has 138 valence electrons. The van der Waals surface area contributed by atoms with E-state index in [-0.39, 0.29) is 30.1 Å². The molecule has 27 heavy (non-hydrogen) atoms. The molecule has 0 radical (unpaired) electrons. The van der Waals surface area contributed by atoms with Crippen LogP contribution in [-0.2, 0) is 11.2 Å². The summed E-state index contributed by atoms with van der Waals surface area (Å²) in [6, 6.07) is 16.0. The third-order valence-corrected chi connectivity index (χ3v) is 4.41. The number of aryl methyl sites for hydroxylation is 1. The number of hydrogen-bond donors (Lipinski definition) is 2. The number of rotatable bonds is 7. The van der Waals surface area contributed by atoms with Crippen LogP contribution in [-0.4, -0.2) is 16.7 Å². The van der Waals surface area contributed by atoms with Crippen molar-refractivity contribution in [2.24, 2.45) is 0 Å². The van der Waals surface area contributed by atoms with Crippen molar-refractivity contribution >= 4 is 28.3 Å². The number of Topliss-reactive ketones (excluding diaryl/α,β-unsaturated/α-hetero) is 1. The van der Waals surface area contributed by atoms with Gasteiger partial charge in [-0.25, -0.2) is 0 Å². The van der Waals surface area contributed by atoms with E-state index >= 15 is 0 Å². The molecule has 5 heteroatoms. The van der Waals surface area contributed by atoms with Gasteiger partial charge in [0.2, 0.25) is 11.5 Å². The van der Waals surface area contributed by atoms with Gasteiger partial charge in [-0.1, -0.05) is 49.7 Å². The molecule has 0 bridgehead atoms. The van der Waals surface area contributed by atoms with Crippen molar-refractivity contribution in [2.75, 3.05) is 5.32 Å². The van der Waals surface area contributed by atoms with Crippen molar-refractivity contribution in [3.05, 3.63) is 76.1 Å². The molecule has 0 aliphatic carbocycles. The molecule has 3 rings (SSSR count). The highest BCUT2D eigenvalue weighted by atomic mass is 16.2. The number of amides is 1. The molecule has 0 fully saturated rings. The topological polar surface area (TPSA) is 79.0 Å². The number of carbonyl (C=O) groups excluding carboxylic acids is 2. The Hall–Kier alpha value is -3.21. The Bertz CT molecular complexity index is 1020. The minimum absolute atomic E-state index is 0.0576. The molecule has 0 aliphatic rings. The zero-order valence-corrected chi connectivity index (χ0v) is 15.2. The van der Waals surface area contributed by atoms with Gasteiger partial charge in [0.05, 0.1) is 5.52 Å². The van der Waals surface area contributed by atoms with Gasteiger partial charge in [-0.05, 0) is 24.1 Å². The fourth-order valence-corrected chi connectivity index (χ4v) is 3.11. The van der Waals surface area contributed by atoms with Crippen LogP contribution in [0.5, 0.6) is 0 Å². The molecule has 0 atom stereocenters. The summed E-state index contributed by atoms with van der Waals surface area (Å²) in [4.78, 5) is 38.9. The standard InChI is InChI=1S/C22H22N2O3/c1-2-6-16-13-22(27)24-19-14-17(9-10-18(16)19)23-21(26)12-11-20(25)15-7-4-3-5-8-15/h3-5,7-10,13-14H,2,6,11-12H2,1H3,(H,23,26)(H,24,27). The first-order valence-corrected chi connectivity index (χ1v) is 9.11. The Balaban J connectivity index is 1.68. The molecular formula is C22H22N2O3. The minimum atomic E-state index is -0.231. The smallest absolute Gasteiger partial charge is 0.248 e. The molecule has 1 amide bonds. The Morgan fingerprint density at radius 1 is 1.00 bits per heavy atom. The average molecular weight is 362 g/mol. The lowest BCUT2D eigenvalue weighted by molar-refractivity contribution is -0.116. The number of anilines is 1. The number of hydrogen-bond acceptors (Lipinski definition) is 3. The molecule has 2 aromatic carbocycles. The van der Waals surface area contributed by atoms with Crippen LogP contribution in [0.4, 0.5) is 5.69 Å². The average Bonchev–Trinajstić information content (AvgIpc) is 2.66. The third-order valence-electron chi connectivity index (χ3n) is 4.41. The highest BCUT2D eigenvalue weighted by Crippen LogP contribution is 2.21. The van der Waals surface area contributed by atoms with Gasteiger partial charge in [-0.3, -0.25) is 14.4 Å². The zero-order chi connectivity index (χ0) is 19.2. The van der Waals surface area contributed by atoms with Crippen LogP contribution in [0.3, 0.4) is 0 Å². The van der Waals surface area contributed by atoms with Gasteiger partial charge in [0.15, 0.2) is 5.78 Å². The number of aromatic nitrogens is 1. The highest BCUT2D eigenvalue weighted by molar-refractivity contribution is 6.00. The molecule has 3 aromatic rings. The maximum Gasteiger partial charge on any atom is 0.248 e. The molecule has 0 aliphatic heterocycles. The molecule has 0 unspecified atom stereocenters. The van der Waals surface area contributed by atoms with Crippen LogP contribution in [0.25, 0.3) is 10.9 Å². The number of carbonyl (C=O) groups is 2. The molecule has 5 nitrogen and oxygen atoms in total. The minimum Gasteiger partial charge on any atom is -0.326 e.